The monoisotopic (exact) mass is 346 g/mol. The van der Waals surface area contributed by atoms with Gasteiger partial charge in [-0.3, -0.25) is 9.59 Å². The molecule has 0 radical (unpaired) electrons. The standard InChI is InChI=1S/C19H22N2O2.ClH/c1-14-8-10-15(11-9-14)18(22)16-6-3-4-7-17(16)19(23)21-13-5-12-20-2;/h3-4,6-11,20H,5,12-13H2,1-2H3,(H,21,23);1H. The number of hydrogen-bond acceptors (Lipinski definition) is 3. The van der Waals surface area contributed by atoms with Crippen LogP contribution < -0.4 is 10.6 Å². The fourth-order valence-corrected chi connectivity index (χ4v) is 2.30. The van der Waals surface area contributed by atoms with Crippen LogP contribution in [-0.2, 0) is 0 Å². The van der Waals surface area contributed by atoms with Gasteiger partial charge in [0.1, 0.15) is 0 Å². The average Bonchev–Trinajstić information content (AvgIpc) is 2.58. The summed E-state index contributed by atoms with van der Waals surface area (Å²) in [6, 6.07) is 14.3. The molecule has 2 rings (SSSR count). The van der Waals surface area contributed by atoms with E-state index in [4.69, 9.17) is 0 Å². The van der Waals surface area contributed by atoms with Gasteiger partial charge in [-0.1, -0.05) is 48.0 Å². The van der Waals surface area contributed by atoms with Crippen LogP contribution in [-0.4, -0.2) is 31.8 Å². The first kappa shape index (κ1) is 19.9. The minimum atomic E-state index is -0.211. The van der Waals surface area contributed by atoms with Gasteiger partial charge in [0.05, 0.1) is 5.56 Å². The van der Waals surface area contributed by atoms with E-state index in [1.807, 2.05) is 26.1 Å². The first-order valence-corrected chi connectivity index (χ1v) is 7.76. The third-order valence-corrected chi connectivity index (χ3v) is 3.62. The van der Waals surface area contributed by atoms with Crippen molar-refractivity contribution < 1.29 is 9.59 Å². The summed E-state index contributed by atoms with van der Waals surface area (Å²) in [6.07, 6.45) is 0.844. The highest BCUT2D eigenvalue weighted by Crippen LogP contribution is 2.15. The molecule has 0 fully saturated rings. The molecule has 0 aromatic heterocycles. The Bertz CT molecular complexity index is 684. The molecule has 0 aliphatic carbocycles. The molecular formula is C19H23ClN2O2. The average molecular weight is 347 g/mol. The number of ketones is 1. The number of benzene rings is 2. The second-order valence-corrected chi connectivity index (χ2v) is 5.45. The van der Waals surface area contributed by atoms with E-state index in [2.05, 4.69) is 10.6 Å². The number of aryl methyl sites for hydroxylation is 1. The van der Waals surface area contributed by atoms with Crippen LogP contribution in [0.1, 0.15) is 38.3 Å². The summed E-state index contributed by atoms with van der Waals surface area (Å²) in [4.78, 5) is 25.0. The Morgan fingerprint density at radius 1 is 0.917 bits per heavy atom. The fourth-order valence-electron chi connectivity index (χ4n) is 2.30. The highest BCUT2D eigenvalue weighted by atomic mass is 35.5. The summed E-state index contributed by atoms with van der Waals surface area (Å²) in [5.74, 6) is -0.344. The van der Waals surface area contributed by atoms with Crippen LogP contribution in [0, 0.1) is 6.92 Å². The van der Waals surface area contributed by atoms with Crippen molar-refractivity contribution in [3.05, 3.63) is 70.8 Å². The first-order chi connectivity index (χ1) is 11.1. The van der Waals surface area contributed by atoms with Crippen molar-refractivity contribution in [3.63, 3.8) is 0 Å². The Labute approximate surface area is 149 Å². The van der Waals surface area contributed by atoms with Crippen LogP contribution in [0.25, 0.3) is 0 Å². The molecule has 0 spiro atoms. The molecule has 0 saturated heterocycles. The van der Waals surface area contributed by atoms with E-state index < -0.39 is 0 Å². The Balaban J connectivity index is 0.00000288. The molecule has 24 heavy (non-hydrogen) atoms. The summed E-state index contributed by atoms with van der Waals surface area (Å²) in [6.45, 7) is 3.39. The Hall–Kier alpha value is -2.17. The third-order valence-electron chi connectivity index (χ3n) is 3.62. The zero-order valence-corrected chi connectivity index (χ0v) is 14.8. The predicted octanol–water partition coefficient (Wildman–Crippen LogP) is 2.99. The van der Waals surface area contributed by atoms with Gasteiger partial charge in [0.15, 0.2) is 5.78 Å². The maximum absolute atomic E-state index is 12.7. The number of rotatable bonds is 7. The molecule has 0 saturated carbocycles. The second-order valence-electron chi connectivity index (χ2n) is 5.45. The van der Waals surface area contributed by atoms with Gasteiger partial charge in [0.2, 0.25) is 0 Å². The number of nitrogens with one attached hydrogen (secondary N) is 2. The second kappa shape index (κ2) is 9.85. The molecular weight excluding hydrogens is 324 g/mol. The number of carbonyl (C=O) groups is 2. The van der Waals surface area contributed by atoms with E-state index in [1.165, 1.54) is 0 Å². The molecule has 2 N–H and O–H groups in total. The fraction of sp³-hybridized carbons (Fsp3) is 0.263. The zero-order valence-electron chi connectivity index (χ0n) is 14.0. The van der Waals surface area contributed by atoms with E-state index in [-0.39, 0.29) is 24.1 Å². The van der Waals surface area contributed by atoms with Crippen molar-refractivity contribution in [2.45, 2.75) is 13.3 Å². The molecule has 128 valence electrons. The van der Waals surface area contributed by atoms with Crippen LogP contribution in [0.5, 0.6) is 0 Å². The van der Waals surface area contributed by atoms with Gasteiger partial charge in [-0.2, -0.15) is 0 Å². The van der Waals surface area contributed by atoms with Gasteiger partial charge >= 0.3 is 0 Å². The predicted molar refractivity (Wildman–Crippen MR) is 99.2 cm³/mol. The van der Waals surface area contributed by atoms with Crippen molar-refractivity contribution in [1.82, 2.24) is 10.6 Å². The molecule has 2 aromatic rings. The van der Waals surface area contributed by atoms with Gasteiger partial charge in [-0.25, -0.2) is 0 Å². The van der Waals surface area contributed by atoms with Crippen LogP contribution >= 0.6 is 12.4 Å². The highest BCUT2D eigenvalue weighted by Gasteiger charge is 2.17. The first-order valence-electron chi connectivity index (χ1n) is 7.76. The lowest BCUT2D eigenvalue weighted by molar-refractivity contribution is 0.0942. The number of amides is 1. The smallest absolute Gasteiger partial charge is 0.252 e. The Kier molecular flexibility index (Phi) is 8.16. The maximum atomic E-state index is 12.7. The van der Waals surface area contributed by atoms with Gasteiger partial charge in [0, 0.05) is 17.7 Å². The molecule has 5 heteroatoms. The molecule has 1 amide bonds. The van der Waals surface area contributed by atoms with Crippen LogP contribution in [0.15, 0.2) is 48.5 Å². The van der Waals surface area contributed by atoms with Gasteiger partial charge < -0.3 is 10.6 Å². The van der Waals surface area contributed by atoms with Crippen molar-refractivity contribution in [2.24, 2.45) is 0 Å². The van der Waals surface area contributed by atoms with E-state index in [1.54, 1.807) is 36.4 Å². The van der Waals surface area contributed by atoms with E-state index in [0.29, 0.717) is 23.2 Å². The maximum Gasteiger partial charge on any atom is 0.252 e. The van der Waals surface area contributed by atoms with E-state index >= 15 is 0 Å². The Morgan fingerprint density at radius 3 is 2.17 bits per heavy atom. The summed E-state index contributed by atoms with van der Waals surface area (Å²) in [5, 5.41) is 5.89. The topological polar surface area (TPSA) is 58.2 Å². The highest BCUT2D eigenvalue weighted by molar-refractivity contribution is 6.15. The SMILES string of the molecule is CNCCCNC(=O)c1ccccc1C(=O)c1ccc(C)cc1.Cl. The van der Waals surface area contributed by atoms with Crippen molar-refractivity contribution in [3.8, 4) is 0 Å². The molecule has 0 aliphatic heterocycles. The largest absolute Gasteiger partial charge is 0.352 e. The van der Waals surface area contributed by atoms with Crippen LogP contribution in [0.4, 0.5) is 0 Å². The lowest BCUT2D eigenvalue weighted by Crippen LogP contribution is -2.28. The zero-order chi connectivity index (χ0) is 16.7. The van der Waals surface area contributed by atoms with Crippen molar-refractivity contribution in [1.29, 1.82) is 0 Å². The van der Waals surface area contributed by atoms with Gasteiger partial charge in [-0.15, -0.1) is 12.4 Å². The van der Waals surface area contributed by atoms with Crippen molar-refractivity contribution >= 4 is 24.1 Å². The van der Waals surface area contributed by atoms with E-state index in [9.17, 15) is 9.59 Å². The lowest BCUT2D eigenvalue weighted by atomic mass is 9.97. The molecule has 0 atom stereocenters. The molecule has 0 aliphatic rings. The minimum absolute atomic E-state index is 0. The summed E-state index contributed by atoms with van der Waals surface area (Å²) < 4.78 is 0. The minimum Gasteiger partial charge on any atom is -0.352 e. The number of halogens is 1. The molecule has 0 bridgehead atoms. The quantitative estimate of drug-likeness (QED) is 0.598. The Morgan fingerprint density at radius 2 is 1.54 bits per heavy atom. The van der Waals surface area contributed by atoms with Crippen LogP contribution in [0.2, 0.25) is 0 Å². The molecule has 2 aromatic carbocycles. The number of hydrogen-bond donors (Lipinski definition) is 2. The van der Waals surface area contributed by atoms with Gasteiger partial charge in [0.25, 0.3) is 5.91 Å². The van der Waals surface area contributed by atoms with E-state index in [0.717, 1.165) is 18.5 Å². The number of carbonyl (C=O) groups excluding carboxylic acids is 2. The summed E-state index contributed by atoms with van der Waals surface area (Å²) in [5.41, 5.74) is 2.54. The molecule has 4 nitrogen and oxygen atoms in total. The van der Waals surface area contributed by atoms with Gasteiger partial charge in [-0.05, 0) is 33.0 Å². The third kappa shape index (κ3) is 5.18. The lowest BCUT2D eigenvalue weighted by Gasteiger charge is -2.10. The van der Waals surface area contributed by atoms with Crippen LogP contribution in [0.3, 0.4) is 0 Å². The normalized spacial score (nSPS) is 9.92. The molecule has 0 heterocycles. The van der Waals surface area contributed by atoms with Crippen molar-refractivity contribution in [2.75, 3.05) is 20.1 Å². The summed E-state index contributed by atoms with van der Waals surface area (Å²) >= 11 is 0. The molecule has 0 unspecified atom stereocenters. The summed E-state index contributed by atoms with van der Waals surface area (Å²) in [7, 11) is 1.87.